The smallest absolute Gasteiger partial charge is 0.171 e. The van der Waals surface area contributed by atoms with E-state index in [1.165, 1.54) is 17.5 Å². The Morgan fingerprint density at radius 3 is 2.48 bits per heavy atom. The predicted octanol–water partition coefficient (Wildman–Crippen LogP) is 4.70. The molecule has 0 saturated carbocycles. The fourth-order valence-electron chi connectivity index (χ4n) is 2.45. The van der Waals surface area contributed by atoms with Crippen molar-refractivity contribution in [3.05, 3.63) is 59.7 Å². The van der Waals surface area contributed by atoms with Crippen LogP contribution in [0.3, 0.4) is 0 Å². The van der Waals surface area contributed by atoms with Gasteiger partial charge in [0.2, 0.25) is 0 Å². The van der Waals surface area contributed by atoms with Gasteiger partial charge >= 0.3 is 0 Å². The first kappa shape index (κ1) is 17.3. The molecule has 0 saturated heterocycles. The van der Waals surface area contributed by atoms with Gasteiger partial charge in [-0.15, -0.1) is 0 Å². The third-order valence-corrected chi connectivity index (χ3v) is 3.94. The topological polar surface area (TPSA) is 33.3 Å². The molecule has 0 spiro atoms. The zero-order valence-electron chi connectivity index (χ0n) is 13.9. The van der Waals surface area contributed by atoms with Gasteiger partial charge in [-0.2, -0.15) is 0 Å². The molecule has 4 heteroatoms. The van der Waals surface area contributed by atoms with Crippen molar-refractivity contribution < 1.29 is 4.74 Å². The summed E-state index contributed by atoms with van der Waals surface area (Å²) in [5.41, 5.74) is 3.45. The first-order valence-corrected chi connectivity index (χ1v) is 8.34. The lowest BCUT2D eigenvalue weighted by Crippen LogP contribution is -2.31. The summed E-state index contributed by atoms with van der Waals surface area (Å²) in [4.78, 5) is 0. The second-order valence-electron chi connectivity index (χ2n) is 5.51. The van der Waals surface area contributed by atoms with Gasteiger partial charge in [-0.25, -0.2) is 0 Å². The van der Waals surface area contributed by atoms with Crippen LogP contribution in [0.15, 0.2) is 48.5 Å². The van der Waals surface area contributed by atoms with Gasteiger partial charge < -0.3 is 15.4 Å². The van der Waals surface area contributed by atoms with Crippen LogP contribution in [0.2, 0.25) is 0 Å². The molecule has 0 radical (unpaired) electrons. The summed E-state index contributed by atoms with van der Waals surface area (Å²) in [5, 5.41) is 7.08. The summed E-state index contributed by atoms with van der Waals surface area (Å²) in [5.74, 6) is 0.772. The molecule has 0 aliphatic rings. The molecule has 0 heterocycles. The maximum absolute atomic E-state index is 5.41. The third kappa shape index (κ3) is 4.96. The van der Waals surface area contributed by atoms with Gasteiger partial charge in [0.15, 0.2) is 5.11 Å². The molecule has 2 rings (SSSR count). The van der Waals surface area contributed by atoms with E-state index in [2.05, 4.69) is 48.7 Å². The number of ether oxygens (including phenoxy) is 1. The zero-order valence-corrected chi connectivity index (χ0v) is 14.7. The van der Waals surface area contributed by atoms with Crippen LogP contribution in [0.5, 0.6) is 5.75 Å². The summed E-state index contributed by atoms with van der Waals surface area (Å²) < 4.78 is 5.32. The molecule has 23 heavy (non-hydrogen) atoms. The predicted molar refractivity (Wildman–Crippen MR) is 101 cm³/mol. The summed E-state index contributed by atoms with van der Waals surface area (Å²) in [7, 11) is 1.65. The molecule has 1 unspecified atom stereocenters. The first-order valence-electron chi connectivity index (χ1n) is 7.93. The van der Waals surface area contributed by atoms with E-state index in [1.807, 2.05) is 24.3 Å². The van der Waals surface area contributed by atoms with Crippen LogP contribution in [0.4, 0.5) is 5.69 Å². The molecular weight excluding hydrogens is 304 g/mol. The Bertz CT molecular complexity index is 640. The number of nitrogens with one attached hydrogen (secondary N) is 2. The van der Waals surface area contributed by atoms with Crippen molar-refractivity contribution in [1.82, 2.24) is 5.32 Å². The minimum Gasteiger partial charge on any atom is -0.495 e. The van der Waals surface area contributed by atoms with Gasteiger partial charge in [-0.3, -0.25) is 0 Å². The Labute approximate surface area is 144 Å². The summed E-state index contributed by atoms with van der Waals surface area (Å²) >= 11 is 5.41. The highest BCUT2D eigenvalue weighted by Gasteiger charge is 2.09. The molecule has 122 valence electrons. The number of anilines is 1. The van der Waals surface area contributed by atoms with Crippen LogP contribution in [0, 0.1) is 0 Å². The molecule has 0 aliphatic carbocycles. The highest BCUT2D eigenvalue weighted by atomic mass is 32.1. The minimum atomic E-state index is 0.139. The highest BCUT2D eigenvalue weighted by Crippen LogP contribution is 2.23. The fraction of sp³-hybridized carbons (Fsp3) is 0.316. The second kappa shape index (κ2) is 8.53. The van der Waals surface area contributed by atoms with Crippen molar-refractivity contribution in [1.29, 1.82) is 0 Å². The van der Waals surface area contributed by atoms with Crippen molar-refractivity contribution in [3.63, 3.8) is 0 Å². The van der Waals surface area contributed by atoms with E-state index >= 15 is 0 Å². The molecule has 2 N–H and O–H groups in total. The van der Waals surface area contributed by atoms with Gasteiger partial charge in [0.25, 0.3) is 0 Å². The molecule has 3 nitrogen and oxygen atoms in total. The molecule has 0 amide bonds. The number of methoxy groups -OCH3 is 1. The Morgan fingerprint density at radius 2 is 1.83 bits per heavy atom. The first-order chi connectivity index (χ1) is 11.1. The second-order valence-corrected chi connectivity index (χ2v) is 5.92. The Hall–Kier alpha value is -2.07. The lowest BCUT2D eigenvalue weighted by Gasteiger charge is -2.18. The van der Waals surface area contributed by atoms with Crippen LogP contribution < -0.4 is 15.4 Å². The number of benzene rings is 2. The number of aryl methyl sites for hydroxylation is 1. The van der Waals surface area contributed by atoms with Crippen LogP contribution in [-0.2, 0) is 6.42 Å². The number of para-hydroxylation sites is 2. The Morgan fingerprint density at radius 1 is 1.13 bits per heavy atom. The van der Waals surface area contributed by atoms with Gasteiger partial charge in [-0.1, -0.05) is 49.7 Å². The van der Waals surface area contributed by atoms with Crippen molar-refractivity contribution in [2.45, 2.75) is 32.7 Å². The molecule has 0 aliphatic heterocycles. The average Bonchev–Trinajstić information content (AvgIpc) is 2.56. The van der Waals surface area contributed by atoms with Crippen molar-refractivity contribution in [2.24, 2.45) is 0 Å². The molecular formula is C19H24N2OS. The van der Waals surface area contributed by atoms with Crippen molar-refractivity contribution in [2.75, 3.05) is 12.4 Å². The van der Waals surface area contributed by atoms with Crippen LogP contribution in [-0.4, -0.2) is 12.2 Å². The van der Waals surface area contributed by atoms with E-state index in [0.29, 0.717) is 5.11 Å². The maximum atomic E-state index is 5.41. The fourth-order valence-corrected chi connectivity index (χ4v) is 2.73. The van der Waals surface area contributed by atoms with Gasteiger partial charge in [-0.05, 0) is 48.8 Å². The van der Waals surface area contributed by atoms with E-state index < -0.39 is 0 Å². The summed E-state index contributed by atoms with van der Waals surface area (Å²) in [6, 6.07) is 16.6. The molecule has 1 atom stereocenters. The maximum Gasteiger partial charge on any atom is 0.171 e. The zero-order chi connectivity index (χ0) is 16.7. The normalized spacial score (nSPS) is 11.6. The number of rotatable bonds is 6. The van der Waals surface area contributed by atoms with Gasteiger partial charge in [0, 0.05) is 0 Å². The Kier molecular flexibility index (Phi) is 6.41. The molecule has 2 aromatic carbocycles. The van der Waals surface area contributed by atoms with Crippen LogP contribution in [0.25, 0.3) is 0 Å². The quantitative estimate of drug-likeness (QED) is 0.753. The van der Waals surface area contributed by atoms with Crippen LogP contribution >= 0.6 is 12.2 Å². The van der Waals surface area contributed by atoms with Gasteiger partial charge in [0.1, 0.15) is 5.75 Å². The van der Waals surface area contributed by atoms with E-state index in [1.54, 1.807) is 7.11 Å². The van der Waals surface area contributed by atoms with Crippen molar-refractivity contribution >= 4 is 23.0 Å². The summed E-state index contributed by atoms with van der Waals surface area (Å²) in [6.45, 7) is 4.30. The largest absolute Gasteiger partial charge is 0.495 e. The summed E-state index contributed by atoms with van der Waals surface area (Å²) in [6.07, 6.45) is 2.29. The SMILES string of the molecule is CCCc1ccc(C(C)NC(=S)Nc2ccccc2OC)cc1. The standard InChI is InChI=1S/C19H24N2OS/c1-4-7-15-10-12-16(13-11-15)14(2)20-19(23)21-17-8-5-6-9-18(17)22-3/h5-6,8-14H,4,7H2,1-3H3,(H2,20,21,23). The van der Waals surface area contributed by atoms with Gasteiger partial charge in [0.05, 0.1) is 18.8 Å². The minimum absolute atomic E-state index is 0.139. The highest BCUT2D eigenvalue weighted by molar-refractivity contribution is 7.80. The van der Waals surface area contributed by atoms with Crippen molar-refractivity contribution in [3.8, 4) is 5.75 Å². The van der Waals surface area contributed by atoms with E-state index in [4.69, 9.17) is 17.0 Å². The Balaban J connectivity index is 1.96. The number of hydrogen-bond acceptors (Lipinski definition) is 2. The van der Waals surface area contributed by atoms with E-state index in [-0.39, 0.29) is 6.04 Å². The molecule has 0 aromatic heterocycles. The van der Waals surface area contributed by atoms with E-state index in [9.17, 15) is 0 Å². The monoisotopic (exact) mass is 328 g/mol. The lowest BCUT2D eigenvalue weighted by molar-refractivity contribution is 0.417. The number of thiocarbonyl (C=S) groups is 1. The molecule has 0 bridgehead atoms. The van der Waals surface area contributed by atoms with Crippen LogP contribution in [0.1, 0.15) is 37.4 Å². The number of hydrogen-bond donors (Lipinski definition) is 2. The third-order valence-electron chi connectivity index (χ3n) is 3.72. The lowest BCUT2D eigenvalue weighted by atomic mass is 10.0. The average molecular weight is 328 g/mol. The molecule has 0 fully saturated rings. The molecule has 2 aromatic rings. The van der Waals surface area contributed by atoms with E-state index in [0.717, 1.165) is 17.9 Å².